The van der Waals surface area contributed by atoms with Gasteiger partial charge in [0.2, 0.25) is 5.91 Å². The number of anilines is 1. The lowest BCUT2D eigenvalue weighted by Crippen LogP contribution is -2.30. The van der Waals surface area contributed by atoms with Crippen LogP contribution < -0.4 is 10.1 Å². The fraction of sp³-hybridized carbons (Fsp3) is 0.455. The number of ether oxygens (including phenoxy) is 1. The first-order valence-corrected chi connectivity index (χ1v) is 10.2. The van der Waals surface area contributed by atoms with Gasteiger partial charge in [0.05, 0.1) is 16.4 Å². The van der Waals surface area contributed by atoms with Crippen molar-refractivity contribution in [1.82, 2.24) is 4.90 Å². The van der Waals surface area contributed by atoms with Gasteiger partial charge in [-0.05, 0) is 55.7 Å². The van der Waals surface area contributed by atoms with Gasteiger partial charge in [-0.2, -0.15) is 0 Å². The zero-order valence-corrected chi connectivity index (χ0v) is 18.6. The van der Waals surface area contributed by atoms with E-state index in [0.29, 0.717) is 23.0 Å². The minimum Gasteiger partial charge on any atom is -0.492 e. The normalized spacial score (nSPS) is 11.2. The first-order chi connectivity index (χ1) is 13.0. The number of hydrogen-bond donors (Lipinski definition) is 1. The van der Waals surface area contributed by atoms with E-state index < -0.39 is 5.41 Å². The van der Waals surface area contributed by atoms with Gasteiger partial charge in [-0.3, -0.25) is 9.59 Å². The molecule has 0 aliphatic carbocycles. The molecular formula is C22H30N2O3S. The molecule has 0 unspecified atom stereocenters. The monoisotopic (exact) mass is 402 g/mol. The number of amides is 2. The lowest BCUT2D eigenvalue weighted by Gasteiger charge is -2.18. The summed E-state index contributed by atoms with van der Waals surface area (Å²) < 4.78 is 5.80. The van der Waals surface area contributed by atoms with E-state index in [1.807, 2.05) is 59.7 Å². The van der Waals surface area contributed by atoms with Crippen molar-refractivity contribution in [2.75, 3.05) is 25.5 Å². The summed E-state index contributed by atoms with van der Waals surface area (Å²) in [5, 5.41) is 3.59. The van der Waals surface area contributed by atoms with Crippen LogP contribution >= 0.6 is 11.3 Å². The van der Waals surface area contributed by atoms with E-state index in [0.717, 1.165) is 22.4 Å². The van der Waals surface area contributed by atoms with Crippen LogP contribution in [0.2, 0.25) is 0 Å². The molecule has 0 atom stereocenters. The van der Waals surface area contributed by atoms with Crippen molar-refractivity contribution in [3.8, 4) is 5.75 Å². The first-order valence-electron chi connectivity index (χ1n) is 9.36. The number of carbonyl (C=O) groups is 2. The molecule has 1 aromatic heterocycles. The van der Waals surface area contributed by atoms with Crippen molar-refractivity contribution in [3.05, 3.63) is 45.8 Å². The van der Waals surface area contributed by atoms with Gasteiger partial charge < -0.3 is 15.0 Å². The quantitative estimate of drug-likeness (QED) is 0.754. The molecule has 1 heterocycles. The van der Waals surface area contributed by atoms with Crippen LogP contribution in [0.15, 0.2) is 24.3 Å². The number of thiophene rings is 1. The molecule has 0 saturated carbocycles. The zero-order chi connectivity index (χ0) is 21.1. The molecule has 0 fully saturated rings. The molecule has 0 aliphatic rings. The lowest BCUT2D eigenvalue weighted by molar-refractivity contribution is -0.123. The Hall–Kier alpha value is -2.34. The predicted molar refractivity (Wildman–Crippen MR) is 116 cm³/mol. The largest absolute Gasteiger partial charge is 0.492 e. The number of hydrogen-bond acceptors (Lipinski definition) is 4. The van der Waals surface area contributed by atoms with Gasteiger partial charge in [0.1, 0.15) is 12.4 Å². The Morgan fingerprint density at radius 2 is 1.68 bits per heavy atom. The summed E-state index contributed by atoms with van der Waals surface area (Å²) in [5.74, 6) is 0.684. The van der Waals surface area contributed by atoms with Gasteiger partial charge in [0.15, 0.2) is 0 Å². The number of benzene rings is 1. The Morgan fingerprint density at radius 1 is 1.07 bits per heavy atom. The molecule has 5 nitrogen and oxygen atoms in total. The van der Waals surface area contributed by atoms with Crippen LogP contribution in [0.4, 0.5) is 5.00 Å². The van der Waals surface area contributed by atoms with Crippen molar-refractivity contribution in [1.29, 1.82) is 0 Å². The predicted octanol–water partition coefficient (Wildman–Crippen LogP) is 4.81. The Balaban J connectivity index is 1.96. The number of likely N-dealkylation sites (N-methyl/N-ethyl adjacent to an activating group) is 1. The molecule has 6 heteroatoms. The molecular weight excluding hydrogens is 372 g/mol. The van der Waals surface area contributed by atoms with Crippen LogP contribution in [0.3, 0.4) is 0 Å². The average Bonchev–Trinajstić information content (AvgIpc) is 2.92. The average molecular weight is 403 g/mol. The topological polar surface area (TPSA) is 58.6 Å². The van der Waals surface area contributed by atoms with E-state index in [1.165, 1.54) is 11.3 Å². The standard InChI is InChI=1S/C22H30N2O3S/c1-14-10-15(2)12-17(11-14)27-9-8-24(7)20(25)19-16(3)13-18(28-19)23-21(26)22(4,5)6/h10-13H,8-9H2,1-7H3,(H,23,26). The second-order valence-electron chi connectivity index (χ2n) is 8.23. The molecule has 2 aromatic rings. The highest BCUT2D eigenvalue weighted by Gasteiger charge is 2.23. The maximum absolute atomic E-state index is 12.8. The third-order valence-corrected chi connectivity index (χ3v) is 5.41. The van der Waals surface area contributed by atoms with Gasteiger partial charge in [0, 0.05) is 12.5 Å². The number of rotatable bonds is 6. The summed E-state index contributed by atoms with van der Waals surface area (Å²) in [6.07, 6.45) is 0. The number of aryl methyl sites for hydroxylation is 3. The smallest absolute Gasteiger partial charge is 0.264 e. The van der Waals surface area contributed by atoms with E-state index in [9.17, 15) is 9.59 Å². The molecule has 28 heavy (non-hydrogen) atoms. The number of nitrogens with zero attached hydrogens (tertiary/aromatic N) is 1. The molecule has 1 aromatic carbocycles. The van der Waals surface area contributed by atoms with Crippen molar-refractivity contribution in [2.24, 2.45) is 5.41 Å². The second kappa shape index (κ2) is 8.78. The van der Waals surface area contributed by atoms with E-state index in [-0.39, 0.29) is 11.8 Å². The molecule has 0 bridgehead atoms. The zero-order valence-electron chi connectivity index (χ0n) is 17.8. The van der Waals surface area contributed by atoms with E-state index >= 15 is 0 Å². The van der Waals surface area contributed by atoms with E-state index in [1.54, 1.807) is 11.9 Å². The summed E-state index contributed by atoms with van der Waals surface area (Å²) in [7, 11) is 1.76. The molecule has 2 rings (SSSR count). The minimum atomic E-state index is -0.482. The molecule has 152 valence electrons. The fourth-order valence-electron chi connectivity index (χ4n) is 2.65. The van der Waals surface area contributed by atoms with Crippen molar-refractivity contribution in [2.45, 2.75) is 41.5 Å². The molecule has 0 radical (unpaired) electrons. The maximum atomic E-state index is 12.8. The van der Waals surface area contributed by atoms with Crippen LogP contribution in [0, 0.1) is 26.2 Å². The number of carbonyl (C=O) groups excluding carboxylic acids is 2. The van der Waals surface area contributed by atoms with E-state index in [2.05, 4.69) is 11.4 Å². The van der Waals surface area contributed by atoms with Crippen LogP contribution in [0.5, 0.6) is 5.75 Å². The van der Waals surface area contributed by atoms with Crippen LogP contribution in [0.1, 0.15) is 47.1 Å². The van der Waals surface area contributed by atoms with Crippen molar-refractivity contribution < 1.29 is 14.3 Å². The highest BCUT2D eigenvalue weighted by Crippen LogP contribution is 2.29. The van der Waals surface area contributed by atoms with Gasteiger partial charge in [-0.15, -0.1) is 11.3 Å². The summed E-state index contributed by atoms with van der Waals surface area (Å²) >= 11 is 1.31. The summed E-state index contributed by atoms with van der Waals surface area (Å²) in [6.45, 7) is 12.4. The minimum absolute atomic E-state index is 0.0667. The molecule has 0 spiro atoms. The highest BCUT2D eigenvalue weighted by molar-refractivity contribution is 7.18. The first kappa shape index (κ1) is 22.0. The molecule has 0 aliphatic heterocycles. The number of nitrogens with one attached hydrogen (secondary N) is 1. The third kappa shape index (κ3) is 5.83. The summed E-state index contributed by atoms with van der Waals surface area (Å²) in [6, 6.07) is 7.92. The maximum Gasteiger partial charge on any atom is 0.264 e. The van der Waals surface area contributed by atoms with E-state index in [4.69, 9.17) is 4.74 Å². The van der Waals surface area contributed by atoms with Crippen LogP contribution in [-0.4, -0.2) is 36.9 Å². The molecule has 2 amide bonds. The Labute approximate surface area is 171 Å². The third-order valence-electron chi connectivity index (χ3n) is 4.27. The summed E-state index contributed by atoms with van der Waals surface area (Å²) in [4.78, 5) is 27.2. The van der Waals surface area contributed by atoms with Crippen molar-refractivity contribution in [3.63, 3.8) is 0 Å². The van der Waals surface area contributed by atoms with Gasteiger partial charge in [0.25, 0.3) is 5.91 Å². The fourth-order valence-corrected chi connectivity index (χ4v) is 3.71. The summed E-state index contributed by atoms with van der Waals surface area (Å²) in [5.41, 5.74) is 2.68. The van der Waals surface area contributed by atoms with Crippen LogP contribution in [0.25, 0.3) is 0 Å². The van der Waals surface area contributed by atoms with Gasteiger partial charge >= 0.3 is 0 Å². The Morgan fingerprint density at radius 3 is 2.25 bits per heavy atom. The second-order valence-corrected chi connectivity index (χ2v) is 9.28. The van der Waals surface area contributed by atoms with Crippen molar-refractivity contribution >= 4 is 28.2 Å². The van der Waals surface area contributed by atoms with Crippen LogP contribution in [-0.2, 0) is 4.79 Å². The Bertz CT molecular complexity index is 845. The SMILES string of the molecule is Cc1cc(C)cc(OCCN(C)C(=O)c2sc(NC(=O)C(C)(C)C)cc2C)c1. The molecule has 1 N–H and O–H groups in total. The van der Waals surface area contributed by atoms with Gasteiger partial charge in [-0.25, -0.2) is 0 Å². The highest BCUT2D eigenvalue weighted by atomic mass is 32.1. The van der Waals surface area contributed by atoms with Gasteiger partial charge in [-0.1, -0.05) is 26.8 Å². The molecule has 0 saturated heterocycles. The Kier molecular flexibility index (Phi) is 6.88. The lowest BCUT2D eigenvalue weighted by atomic mass is 9.96.